The van der Waals surface area contributed by atoms with Crippen molar-refractivity contribution in [2.24, 2.45) is 0 Å². The summed E-state index contributed by atoms with van der Waals surface area (Å²) in [5.41, 5.74) is 6.96. The minimum absolute atomic E-state index is 0.115. The summed E-state index contributed by atoms with van der Waals surface area (Å²) in [5, 5.41) is 13.0. The predicted molar refractivity (Wildman–Crippen MR) is 46.8 cm³/mol. The molecule has 5 nitrogen and oxygen atoms in total. The van der Waals surface area contributed by atoms with E-state index in [9.17, 15) is 0 Å². The lowest BCUT2D eigenvalue weighted by Crippen LogP contribution is -2.13. The third-order valence-electron chi connectivity index (χ3n) is 1.79. The number of rotatable bonds is 2. The van der Waals surface area contributed by atoms with Crippen LogP contribution in [0.2, 0.25) is 0 Å². The highest BCUT2D eigenvalue weighted by atomic mass is 16.3. The molecule has 0 bridgehead atoms. The zero-order valence-electron chi connectivity index (χ0n) is 7.28. The number of anilines is 1. The van der Waals surface area contributed by atoms with Crippen LogP contribution >= 0.6 is 0 Å². The maximum Gasteiger partial charge on any atom is 0.150 e. The van der Waals surface area contributed by atoms with Crippen LogP contribution in [0, 0.1) is 0 Å². The molecule has 0 aromatic carbocycles. The third-order valence-corrected chi connectivity index (χ3v) is 1.79. The maximum atomic E-state index is 8.97. The van der Waals surface area contributed by atoms with Gasteiger partial charge in [0, 0.05) is 5.56 Å². The van der Waals surface area contributed by atoms with Gasteiger partial charge in [0.1, 0.15) is 5.82 Å². The molecule has 1 heterocycles. The monoisotopic (exact) mass is 170 g/mol. The molecule has 5 N–H and O–H groups in total. The van der Waals surface area contributed by atoms with E-state index in [1.54, 1.807) is 0 Å². The van der Waals surface area contributed by atoms with E-state index >= 15 is 0 Å². The number of aromatic nitrogens is 2. The molecule has 0 amide bonds. The van der Waals surface area contributed by atoms with Crippen molar-refractivity contribution >= 4 is 5.82 Å². The lowest BCUT2D eigenvalue weighted by Gasteiger charge is -2.01. The quantitative estimate of drug-likeness (QED) is 0.536. The van der Waals surface area contributed by atoms with Gasteiger partial charge in [-0.25, -0.2) is 0 Å². The zero-order valence-corrected chi connectivity index (χ0v) is 7.28. The number of nitrogens with zero attached hydrogens (tertiary/aromatic N) is 2. The molecule has 0 radical (unpaired) electrons. The van der Waals surface area contributed by atoms with Crippen LogP contribution in [0.25, 0.3) is 0 Å². The van der Waals surface area contributed by atoms with E-state index in [1.165, 1.54) is 0 Å². The Bertz CT molecular complexity index is 279. The minimum atomic E-state index is -0.115. The van der Waals surface area contributed by atoms with Gasteiger partial charge in [-0.1, -0.05) is 13.8 Å². The molecular weight excluding hydrogens is 156 g/mol. The summed E-state index contributed by atoms with van der Waals surface area (Å²) in [5.74, 6) is 5.98. The number of nitrogens with two attached hydrogens (primary N) is 2. The van der Waals surface area contributed by atoms with Gasteiger partial charge in [-0.05, 0) is 5.92 Å². The van der Waals surface area contributed by atoms with Crippen LogP contribution in [0.4, 0.5) is 5.82 Å². The molecule has 5 heteroatoms. The summed E-state index contributed by atoms with van der Waals surface area (Å²) in [6.45, 7) is 3.83. The van der Waals surface area contributed by atoms with Crippen LogP contribution in [0.1, 0.15) is 31.0 Å². The molecule has 0 aliphatic rings. The van der Waals surface area contributed by atoms with Crippen molar-refractivity contribution in [3.8, 4) is 0 Å². The number of hydrogen-bond acceptors (Lipinski definition) is 4. The molecule has 12 heavy (non-hydrogen) atoms. The van der Waals surface area contributed by atoms with E-state index in [0.29, 0.717) is 11.4 Å². The first-order chi connectivity index (χ1) is 5.57. The van der Waals surface area contributed by atoms with Crippen molar-refractivity contribution in [1.29, 1.82) is 0 Å². The third kappa shape index (κ3) is 1.23. The Labute approximate surface area is 70.9 Å². The second-order valence-electron chi connectivity index (χ2n) is 3.01. The Morgan fingerprint density at radius 3 is 2.50 bits per heavy atom. The summed E-state index contributed by atoms with van der Waals surface area (Å²) < 4.78 is 0. The Balaban J connectivity index is 3.20. The Morgan fingerprint density at radius 2 is 2.17 bits per heavy atom. The number of aliphatic hydroxyl groups is 1. The van der Waals surface area contributed by atoms with E-state index in [4.69, 9.17) is 16.7 Å². The topological polar surface area (TPSA) is 90.1 Å². The average molecular weight is 170 g/mol. The number of aliphatic hydroxyl groups excluding tert-OH is 1. The maximum absolute atomic E-state index is 8.97. The van der Waals surface area contributed by atoms with Crippen LogP contribution in [-0.4, -0.2) is 15.0 Å². The van der Waals surface area contributed by atoms with Crippen LogP contribution < -0.4 is 11.6 Å². The molecule has 0 unspecified atom stereocenters. The van der Waals surface area contributed by atoms with Gasteiger partial charge in [-0.2, -0.15) is 9.89 Å². The van der Waals surface area contributed by atoms with Crippen molar-refractivity contribution in [3.05, 3.63) is 11.3 Å². The minimum Gasteiger partial charge on any atom is -0.391 e. The second-order valence-corrected chi connectivity index (χ2v) is 3.01. The molecule has 0 saturated heterocycles. The van der Waals surface area contributed by atoms with E-state index in [1.807, 2.05) is 13.8 Å². The van der Waals surface area contributed by atoms with E-state index in [-0.39, 0.29) is 12.5 Å². The lowest BCUT2D eigenvalue weighted by molar-refractivity contribution is 0.281. The van der Waals surface area contributed by atoms with Crippen LogP contribution in [0.5, 0.6) is 0 Å². The first-order valence-corrected chi connectivity index (χ1v) is 3.81. The fraction of sp³-hybridized carbons (Fsp3) is 0.571. The Hall–Kier alpha value is -1.23. The molecule has 0 spiro atoms. The van der Waals surface area contributed by atoms with Gasteiger partial charge >= 0.3 is 0 Å². The fourth-order valence-electron chi connectivity index (χ4n) is 1.13. The highest BCUT2D eigenvalue weighted by Crippen LogP contribution is 2.21. The highest BCUT2D eigenvalue weighted by molar-refractivity contribution is 5.44. The smallest absolute Gasteiger partial charge is 0.150 e. The molecule has 0 atom stereocenters. The van der Waals surface area contributed by atoms with Crippen molar-refractivity contribution < 1.29 is 5.11 Å². The van der Waals surface area contributed by atoms with E-state index < -0.39 is 0 Å². The van der Waals surface area contributed by atoms with Crippen molar-refractivity contribution in [2.75, 3.05) is 11.6 Å². The van der Waals surface area contributed by atoms with Gasteiger partial charge in [0.2, 0.25) is 0 Å². The number of hydrogen-bond donors (Lipinski definition) is 3. The van der Waals surface area contributed by atoms with E-state index in [2.05, 4.69) is 5.10 Å². The molecule has 68 valence electrons. The van der Waals surface area contributed by atoms with Crippen molar-refractivity contribution in [3.63, 3.8) is 0 Å². The van der Waals surface area contributed by atoms with Crippen LogP contribution in [0.15, 0.2) is 0 Å². The predicted octanol–water partition coefficient (Wildman–Crippen LogP) is -0.205. The Morgan fingerprint density at radius 1 is 1.58 bits per heavy atom. The van der Waals surface area contributed by atoms with Gasteiger partial charge in [0.05, 0.1) is 12.3 Å². The molecule has 1 rings (SSSR count). The summed E-state index contributed by atoms with van der Waals surface area (Å²) in [4.78, 5) is 1.10. The summed E-state index contributed by atoms with van der Waals surface area (Å²) in [6.07, 6.45) is 0. The molecule has 0 aliphatic heterocycles. The van der Waals surface area contributed by atoms with Crippen molar-refractivity contribution in [2.45, 2.75) is 26.4 Å². The van der Waals surface area contributed by atoms with Crippen LogP contribution in [-0.2, 0) is 6.61 Å². The van der Waals surface area contributed by atoms with Gasteiger partial charge in [0.15, 0.2) is 0 Å². The molecule has 1 aromatic heterocycles. The first kappa shape index (κ1) is 8.86. The first-order valence-electron chi connectivity index (χ1n) is 3.81. The van der Waals surface area contributed by atoms with Gasteiger partial charge in [-0.3, -0.25) is 0 Å². The fourth-order valence-corrected chi connectivity index (χ4v) is 1.13. The van der Waals surface area contributed by atoms with Gasteiger partial charge in [0.25, 0.3) is 0 Å². The lowest BCUT2D eigenvalue weighted by atomic mass is 10.1. The number of nitrogen functional groups attached to an aromatic ring is 2. The summed E-state index contributed by atoms with van der Waals surface area (Å²) >= 11 is 0. The van der Waals surface area contributed by atoms with Crippen LogP contribution in [0.3, 0.4) is 0 Å². The molecule has 0 fully saturated rings. The largest absolute Gasteiger partial charge is 0.391 e. The van der Waals surface area contributed by atoms with Crippen molar-refractivity contribution in [1.82, 2.24) is 9.89 Å². The molecule has 0 saturated carbocycles. The summed E-state index contributed by atoms with van der Waals surface area (Å²) in [7, 11) is 0. The highest BCUT2D eigenvalue weighted by Gasteiger charge is 2.15. The zero-order chi connectivity index (χ0) is 9.30. The molecule has 0 aliphatic carbocycles. The SMILES string of the molecule is CC(C)c1nn(N)c(N)c1CO. The average Bonchev–Trinajstić information content (AvgIpc) is 2.29. The normalized spacial score (nSPS) is 11.0. The standard InChI is InChI=1S/C7H14N4O/c1-4(2)6-5(3-12)7(8)11(9)10-6/h4,12H,3,8-9H2,1-2H3. The van der Waals surface area contributed by atoms with Gasteiger partial charge < -0.3 is 16.7 Å². The summed E-state index contributed by atoms with van der Waals surface area (Å²) in [6, 6.07) is 0. The molecule has 1 aromatic rings. The Kier molecular flexibility index (Phi) is 2.23. The van der Waals surface area contributed by atoms with Gasteiger partial charge in [-0.15, -0.1) is 0 Å². The van der Waals surface area contributed by atoms with E-state index in [0.717, 1.165) is 10.5 Å². The second kappa shape index (κ2) is 3.02. The molecular formula is C7H14N4O.